The number of carboxylic acid groups (broad SMARTS) is 1. The van der Waals surface area contributed by atoms with Crippen molar-refractivity contribution in [3.8, 4) is 17.0 Å². The summed E-state index contributed by atoms with van der Waals surface area (Å²) in [4.78, 5) is 15.5. The van der Waals surface area contributed by atoms with Gasteiger partial charge in [0.2, 0.25) is 5.88 Å². The third-order valence-corrected chi connectivity index (χ3v) is 3.98. The SMILES string of the molecule is COc1ncc(-c2cccc(C(=O)O)c2)c2c1CCCC2. The van der Waals surface area contributed by atoms with Gasteiger partial charge in [-0.1, -0.05) is 12.1 Å². The molecule has 1 aromatic heterocycles. The average Bonchev–Trinajstić information content (AvgIpc) is 2.54. The van der Waals surface area contributed by atoms with E-state index in [-0.39, 0.29) is 0 Å². The number of aromatic nitrogens is 1. The van der Waals surface area contributed by atoms with Crippen molar-refractivity contribution < 1.29 is 14.6 Å². The van der Waals surface area contributed by atoms with Gasteiger partial charge < -0.3 is 9.84 Å². The second kappa shape index (κ2) is 5.56. The first-order valence-corrected chi connectivity index (χ1v) is 7.09. The molecule has 0 bridgehead atoms. The number of pyridine rings is 1. The van der Waals surface area contributed by atoms with Crippen LogP contribution in [0.15, 0.2) is 30.5 Å². The number of aromatic carboxylic acids is 1. The summed E-state index contributed by atoms with van der Waals surface area (Å²) in [6.07, 6.45) is 6.04. The first-order valence-electron chi connectivity index (χ1n) is 7.09. The zero-order valence-electron chi connectivity index (χ0n) is 11.9. The molecule has 0 radical (unpaired) electrons. The molecule has 3 rings (SSSR count). The second-order valence-electron chi connectivity index (χ2n) is 5.23. The molecule has 21 heavy (non-hydrogen) atoms. The summed E-state index contributed by atoms with van der Waals surface area (Å²) in [6.45, 7) is 0. The summed E-state index contributed by atoms with van der Waals surface area (Å²) in [6, 6.07) is 7.03. The number of hydrogen-bond acceptors (Lipinski definition) is 3. The lowest BCUT2D eigenvalue weighted by Crippen LogP contribution is -2.08. The van der Waals surface area contributed by atoms with Gasteiger partial charge in [-0.05, 0) is 48.9 Å². The molecule has 0 spiro atoms. The molecular weight excluding hydrogens is 266 g/mol. The standard InChI is InChI=1S/C17H17NO3/c1-21-16-14-8-3-2-7-13(14)15(10-18-16)11-5-4-6-12(9-11)17(19)20/h4-6,9-10H,2-3,7-8H2,1H3,(H,19,20). The van der Waals surface area contributed by atoms with E-state index in [4.69, 9.17) is 9.84 Å². The number of carboxylic acids is 1. The summed E-state index contributed by atoms with van der Waals surface area (Å²) < 4.78 is 5.36. The van der Waals surface area contributed by atoms with Crippen molar-refractivity contribution >= 4 is 5.97 Å². The van der Waals surface area contributed by atoms with Gasteiger partial charge in [-0.25, -0.2) is 9.78 Å². The van der Waals surface area contributed by atoms with Crippen LogP contribution in [0.2, 0.25) is 0 Å². The molecule has 0 amide bonds. The molecule has 2 aromatic rings. The molecule has 108 valence electrons. The summed E-state index contributed by atoms with van der Waals surface area (Å²) in [5.41, 5.74) is 4.64. The van der Waals surface area contributed by atoms with Gasteiger partial charge in [0.05, 0.1) is 12.7 Å². The van der Waals surface area contributed by atoms with Crippen molar-refractivity contribution in [2.75, 3.05) is 7.11 Å². The topological polar surface area (TPSA) is 59.4 Å². The van der Waals surface area contributed by atoms with Gasteiger partial charge in [-0.3, -0.25) is 0 Å². The van der Waals surface area contributed by atoms with E-state index in [0.717, 1.165) is 36.8 Å². The van der Waals surface area contributed by atoms with Gasteiger partial charge in [0.15, 0.2) is 0 Å². The molecule has 1 heterocycles. The Morgan fingerprint density at radius 1 is 1.24 bits per heavy atom. The molecule has 0 atom stereocenters. The fraction of sp³-hybridized carbons (Fsp3) is 0.294. The predicted octanol–water partition coefficient (Wildman–Crippen LogP) is 3.33. The molecule has 4 heteroatoms. The molecule has 1 N–H and O–H groups in total. The lowest BCUT2D eigenvalue weighted by Gasteiger charge is -2.21. The zero-order chi connectivity index (χ0) is 14.8. The van der Waals surface area contributed by atoms with E-state index in [9.17, 15) is 4.79 Å². The van der Waals surface area contributed by atoms with Crippen molar-refractivity contribution in [1.29, 1.82) is 0 Å². The van der Waals surface area contributed by atoms with Crippen molar-refractivity contribution in [2.24, 2.45) is 0 Å². The van der Waals surface area contributed by atoms with Gasteiger partial charge in [0.1, 0.15) is 0 Å². The Kier molecular flexibility index (Phi) is 3.60. The minimum absolute atomic E-state index is 0.299. The highest BCUT2D eigenvalue weighted by Crippen LogP contribution is 2.35. The van der Waals surface area contributed by atoms with Crippen molar-refractivity contribution in [3.05, 3.63) is 47.2 Å². The van der Waals surface area contributed by atoms with E-state index in [0.29, 0.717) is 11.4 Å². The lowest BCUT2D eigenvalue weighted by atomic mass is 9.87. The van der Waals surface area contributed by atoms with E-state index in [1.165, 1.54) is 11.1 Å². The average molecular weight is 283 g/mol. The van der Waals surface area contributed by atoms with Crippen molar-refractivity contribution in [3.63, 3.8) is 0 Å². The van der Waals surface area contributed by atoms with Crippen LogP contribution in [0.5, 0.6) is 5.88 Å². The van der Waals surface area contributed by atoms with E-state index >= 15 is 0 Å². The van der Waals surface area contributed by atoms with Crippen LogP contribution in [-0.4, -0.2) is 23.2 Å². The van der Waals surface area contributed by atoms with Crippen LogP contribution in [0, 0.1) is 0 Å². The zero-order valence-corrected chi connectivity index (χ0v) is 11.9. The first-order chi connectivity index (χ1) is 10.2. The third kappa shape index (κ3) is 2.49. The summed E-state index contributed by atoms with van der Waals surface area (Å²) in [5, 5.41) is 9.14. The Morgan fingerprint density at radius 2 is 2.00 bits per heavy atom. The van der Waals surface area contributed by atoms with Crippen LogP contribution in [0.25, 0.3) is 11.1 Å². The number of hydrogen-bond donors (Lipinski definition) is 1. The number of ether oxygens (including phenoxy) is 1. The van der Waals surface area contributed by atoms with Crippen LogP contribution < -0.4 is 4.74 Å². The van der Waals surface area contributed by atoms with Crippen LogP contribution in [0.3, 0.4) is 0 Å². The number of benzene rings is 1. The lowest BCUT2D eigenvalue weighted by molar-refractivity contribution is 0.0697. The predicted molar refractivity (Wildman–Crippen MR) is 79.8 cm³/mol. The fourth-order valence-corrected chi connectivity index (χ4v) is 2.96. The Morgan fingerprint density at radius 3 is 2.71 bits per heavy atom. The largest absolute Gasteiger partial charge is 0.481 e. The van der Waals surface area contributed by atoms with Gasteiger partial charge in [0, 0.05) is 17.3 Å². The minimum Gasteiger partial charge on any atom is -0.481 e. The maximum atomic E-state index is 11.1. The smallest absolute Gasteiger partial charge is 0.335 e. The monoisotopic (exact) mass is 283 g/mol. The number of methoxy groups -OCH3 is 1. The highest BCUT2D eigenvalue weighted by atomic mass is 16.5. The van der Waals surface area contributed by atoms with E-state index in [1.807, 2.05) is 6.07 Å². The van der Waals surface area contributed by atoms with Crippen LogP contribution in [0.4, 0.5) is 0 Å². The van der Waals surface area contributed by atoms with Crippen LogP contribution >= 0.6 is 0 Å². The Balaban J connectivity index is 2.14. The Hall–Kier alpha value is -2.36. The van der Waals surface area contributed by atoms with Gasteiger partial charge in [0.25, 0.3) is 0 Å². The second-order valence-corrected chi connectivity index (χ2v) is 5.23. The number of nitrogens with zero attached hydrogens (tertiary/aromatic N) is 1. The molecule has 0 aliphatic heterocycles. The van der Waals surface area contributed by atoms with Gasteiger partial charge in [-0.15, -0.1) is 0 Å². The molecular formula is C17H17NO3. The highest BCUT2D eigenvalue weighted by Gasteiger charge is 2.20. The minimum atomic E-state index is -0.910. The Bertz CT molecular complexity index is 694. The maximum Gasteiger partial charge on any atom is 0.335 e. The molecule has 1 aliphatic rings. The molecule has 0 saturated carbocycles. The summed E-state index contributed by atoms with van der Waals surface area (Å²) in [7, 11) is 1.64. The third-order valence-electron chi connectivity index (χ3n) is 3.98. The highest BCUT2D eigenvalue weighted by molar-refractivity contribution is 5.89. The van der Waals surface area contributed by atoms with Crippen LogP contribution in [-0.2, 0) is 12.8 Å². The summed E-state index contributed by atoms with van der Waals surface area (Å²) in [5.74, 6) is -0.213. The molecule has 1 aromatic carbocycles. The number of fused-ring (bicyclic) bond motifs is 1. The molecule has 0 unspecified atom stereocenters. The van der Waals surface area contributed by atoms with Gasteiger partial charge in [-0.2, -0.15) is 0 Å². The van der Waals surface area contributed by atoms with Gasteiger partial charge >= 0.3 is 5.97 Å². The molecule has 0 saturated heterocycles. The van der Waals surface area contributed by atoms with Crippen LogP contribution in [0.1, 0.15) is 34.3 Å². The first kappa shape index (κ1) is 13.6. The normalized spacial score (nSPS) is 13.6. The molecule has 4 nitrogen and oxygen atoms in total. The summed E-state index contributed by atoms with van der Waals surface area (Å²) >= 11 is 0. The molecule has 0 fully saturated rings. The number of rotatable bonds is 3. The van der Waals surface area contributed by atoms with E-state index in [1.54, 1.807) is 31.5 Å². The fourth-order valence-electron chi connectivity index (χ4n) is 2.96. The number of carbonyl (C=O) groups is 1. The quantitative estimate of drug-likeness (QED) is 0.938. The van der Waals surface area contributed by atoms with Crippen molar-refractivity contribution in [2.45, 2.75) is 25.7 Å². The maximum absolute atomic E-state index is 11.1. The van der Waals surface area contributed by atoms with E-state index < -0.39 is 5.97 Å². The van der Waals surface area contributed by atoms with Crippen molar-refractivity contribution in [1.82, 2.24) is 4.98 Å². The van der Waals surface area contributed by atoms with E-state index in [2.05, 4.69) is 4.98 Å². The molecule has 1 aliphatic carbocycles. The Labute approximate surface area is 123 Å².